The quantitative estimate of drug-likeness (QED) is 0.838. The number of ether oxygens (including phenoxy) is 2. The van der Waals surface area contributed by atoms with Crippen LogP contribution in [-0.2, 0) is 0 Å². The molecular weight excluding hydrogens is 228 g/mol. The third-order valence-electron chi connectivity index (χ3n) is 3.81. The maximum absolute atomic E-state index is 10.3. The molecule has 3 nitrogen and oxygen atoms in total. The number of methoxy groups -OCH3 is 2. The van der Waals surface area contributed by atoms with E-state index in [1.54, 1.807) is 14.2 Å². The van der Waals surface area contributed by atoms with Gasteiger partial charge in [-0.25, -0.2) is 0 Å². The van der Waals surface area contributed by atoms with Gasteiger partial charge in [0.25, 0.3) is 0 Å². The van der Waals surface area contributed by atoms with E-state index in [0.29, 0.717) is 0 Å². The van der Waals surface area contributed by atoms with Crippen LogP contribution < -0.4 is 9.47 Å². The van der Waals surface area contributed by atoms with Crippen molar-refractivity contribution >= 4 is 0 Å². The fraction of sp³-hybridized carbons (Fsp3) is 0.600. The highest BCUT2D eigenvalue weighted by Gasteiger charge is 2.27. The van der Waals surface area contributed by atoms with Crippen molar-refractivity contribution in [1.29, 1.82) is 0 Å². The van der Waals surface area contributed by atoms with Crippen molar-refractivity contribution in [3.05, 3.63) is 23.8 Å². The zero-order chi connectivity index (χ0) is 13.0. The fourth-order valence-electron chi connectivity index (χ4n) is 2.85. The molecule has 18 heavy (non-hydrogen) atoms. The number of rotatable bonds is 3. The molecular formula is C15H22O3. The first-order valence-electron chi connectivity index (χ1n) is 6.67. The molecule has 0 radical (unpaired) electrons. The molecule has 0 aliphatic heterocycles. The number of para-hydroxylation sites is 1. The molecule has 0 bridgehead atoms. The minimum absolute atomic E-state index is 0.164. The molecule has 1 aliphatic carbocycles. The molecule has 0 amide bonds. The van der Waals surface area contributed by atoms with Crippen molar-refractivity contribution in [1.82, 2.24) is 0 Å². The topological polar surface area (TPSA) is 38.7 Å². The summed E-state index contributed by atoms with van der Waals surface area (Å²) < 4.78 is 10.8. The molecule has 1 aliphatic rings. The standard InChI is InChI=1S/C15H22O3/c1-17-14-10-6-8-12(15(14)18-2)11-7-4-3-5-9-13(11)16/h6,8,10-11,13,16H,3-5,7,9H2,1-2H3/t11-,13-/m0/s1. The van der Waals surface area contributed by atoms with E-state index in [4.69, 9.17) is 9.47 Å². The van der Waals surface area contributed by atoms with Crippen LogP contribution in [0.3, 0.4) is 0 Å². The van der Waals surface area contributed by atoms with Gasteiger partial charge < -0.3 is 14.6 Å². The number of aliphatic hydroxyl groups excluding tert-OH is 1. The number of benzene rings is 1. The van der Waals surface area contributed by atoms with E-state index in [9.17, 15) is 5.11 Å². The molecule has 0 unspecified atom stereocenters. The third kappa shape index (κ3) is 2.61. The van der Waals surface area contributed by atoms with E-state index >= 15 is 0 Å². The second kappa shape index (κ2) is 6.10. The highest BCUT2D eigenvalue weighted by Crippen LogP contribution is 2.41. The van der Waals surface area contributed by atoms with Gasteiger partial charge in [-0.3, -0.25) is 0 Å². The Morgan fingerprint density at radius 3 is 2.56 bits per heavy atom. The molecule has 1 aromatic rings. The van der Waals surface area contributed by atoms with Crippen molar-refractivity contribution < 1.29 is 14.6 Å². The Morgan fingerprint density at radius 1 is 1.06 bits per heavy atom. The summed E-state index contributed by atoms with van der Waals surface area (Å²) >= 11 is 0. The van der Waals surface area contributed by atoms with Crippen LogP contribution in [0.15, 0.2) is 18.2 Å². The molecule has 1 N–H and O–H groups in total. The first-order valence-corrected chi connectivity index (χ1v) is 6.67. The van der Waals surface area contributed by atoms with Crippen LogP contribution in [0.5, 0.6) is 11.5 Å². The van der Waals surface area contributed by atoms with E-state index in [2.05, 4.69) is 0 Å². The number of hydrogen-bond acceptors (Lipinski definition) is 3. The first kappa shape index (κ1) is 13.2. The molecule has 1 fully saturated rings. The van der Waals surface area contributed by atoms with Crippen LogP contribution in [0.25, 0.3) is 0 Å². The molecule has 2 rings (SSSR count). The summed E-state index contributed by atoms with van der Waals surface area (Å²) in [7, 11) is 3.30. The second-order valence-electron chi connectivity index (χ2n) is 4.89. The lowest BCUT2D eigenvalue weighted by atomic mass is 9.88. The Kier molecular flexibility index (Phi) is 4.48. The lowest BCUT2D eigenvalue weighted by Crippen LogP contribution is -2.17. The minimum Gasteiger partial charge on any atom is -0.493 e. The lowest BCUT2D eigenvalue weighted by molar-refractivity contribution is 0.133. The molecule has 3 heteroatoms. The summed E-state index contributed by atoms with van der Waals surface area (Å²) in [5.74, 6) is 1.68. The molecule has 0 heterocycles. The number of aliphatic hydroxyl groups is 1. The molecule has 100 valence electrons. The average Bonchev–Trinajstić information content (AvgIpc) is 2.62. The zero-order valence-corrected chi connectivity index (χ0v) is 11.2. The van der Waals surface area contributed by atoms with Gasteiger partial charge in [-0.2, -0.15) is 0 Å². The van der Waals surface area contributed by atoms with Crippen LogP contribution in [0.2, 0.25) is 0 Å². The molecule has 1 aromatic carbocycles. The maximum Gasteiger partial charge on any atom is 0.164 e. The van der Waals surface area contributed by atoms with Crippen molar-refractivity contribution in [3.8, 4) is 11.5 Å². The Balaban J connectivity index is 2.36. The van der Waals surface area contributed by atoms with Crippen LogP contribution in [0.4, 0.5) is 0 Å². The van der Waals surface area contributed by atoms with Gasteiger partial charge in [0, 0.05) is 11.5 Å². The van der Waals surface area contributed by atoms with Gasteiger partial charge in [0.05, 0.1) is 20.3 Å². The summed E-state index contributed by atoms with van der Waals surface area (Å²) in [6.07, 6.45) is 5.12. The van der Waals surface area contributed by atoms with E-state index in [1.807, 2.05) is 18.2 Å². The van der Waals surface area contributed by atoms with Gasteiger partial charge in [0.1, 0.15) is 0 Å². The van der Waals surface area contributed by atoms with Gasteiger partial charge in [0.15, 0.2) is 11.5 Å². The van der Waals surface area contributed by atoms with Crippen LogP contribution in [0, 0.1) is 0 Å². The summed E-state index contributed by atoms with van der Waals surface area (Å²) in [4.78, 5) is 0. The summed E-state index contributed by atoms with van der Waals surface area (Å²) in [5.41, 5.74) is 1.08. The van der Waals surface area contributed by atoms with Gasteiger partial charge in [-0.05, 0) is 18.9 Å². The first-order chi connectivity index (χ1) is 8.77. The molecule has 1 saturated carbocycles. The Labute approximate surface area is 109 Å². The van der Waals surface area contributed by atoms with Gasteiger partial charge >= 0.3 is 0 Å². The van der Waals surface area contributed by atoms with Gasteiger partial charge in [0.2, 0.25) is 0 Å². The van der Waals surface area contributed by atoms with E-state index in [0.717, 1.165) is 36.3 Å². The zero-order valence-electron chi connectivity index (χ0n) is 11.2. The van der Waals surface area contributed by atoms with Gasteiger partial charge in [-0.1, -0.05) is 31.4 Å². The van der Waals surface area contributed by atoms with E-state index in [1.165, 1.54) is 12.8 Å². The third-order valence-corrected chi connectivity index (χ3v) is 3.81. The Hall–Kier alpha value is -1.22. The predicted molar refractivity (Wildman–Crippen MR) is 71.4 cm³/mol. The highest BCUT2D eigenvalue weighted by atomic mass is 16.5. The largest absolute Gasteiger partial charge is 0.493 e. The molecule has 0 spiro atoms. The smallest absolute Gasteiger partial charge is 0.164 e. The second-order valence-corrected chi connectivity index (χ2v) is 4.89. The van der Waals surface area contributed by atoms with E-state index < -0.39 is 0 Å². The Bertz CT molecular complexity index is 389. The van der Waals surface area contributed by atoms with Crippen LogP contribution in [-0.4, -0.2) is 25.4 Å². The van der Waals surface area contributed by atoms with Gasteiger partial charge in [-0.15, -0.1) is 0 Å². The SMILES string of the molecule is COc1cccc([C@@H]2CCCCC[C@@H]2O)c1OC. The Morgan fingerprint density at radius 2 is 1.83 bits per heavy atom. The van der Waals surface area contributed by atoms with Crippen molar-refractivity contribution in [3.63, 3.8) is 0 Å². The van der Waals surface area contributed by atoms with Crippen molar-refractivity contribution in [2.75, 3.05) is 14.2 Å². The molecule has 0 aromatic heterocycles. The summed E-state index contributed by atoms with van der Waals surface area (Å²) in [5, 5.41) is 10.3. The summed E-state index contributed by atoms with van der Waals surface area (Å²) in [6.45, 7) is 0. The monoisotopic (exact) mass is 250 g/mol. The lowest BCUT2D eigenvalue weighted by Gasteiger charge is -2.23. The predicted octanol–water partition coefficient (Wildman–Crippen LogP) is 3.11. The summed E-state index contributed by atoms with van der Waals surface area (Å²) in [6, 6.07) is 5.90. The molecule has 2 atom stereocenters. The number of hydrogen-bond donors (Lipinski definition) is 1. The average molecular weight is 250 g/mol. The fourth-order valence-corrected chi connectivity index (χ4v) is 2.85. The normalized spacial score (nSPS) is 24.4. The van der Waals surface area contributed by atoms with Crippen molar-refractivity contribution in [2.24, 2.45) is 0 Å². The highest BCUT2D eigenvalue weighted by molar-refractivity contribution is 5.48. The van der Waals surface area contributed by atoms with E-state index in [-0.39, 0.29) is 12.0 Å². The minimum atomic E-state index is -0.270. The molecule has 0 saturated heterocycles. The maximum atomic E-state index is 10.3. The van der Waals surface area contributed by atoms with Crippen LogP contribution in [0.1, 0.15) is 43.6 Å². The van der Waals surface area contributed by atoms with Crippen molar-refractivity contribution in [2.45, 2.75) is 44.1 Å². The van der Waals surface area contributed by atoms with Crippen LogP contribution >= 0.6 is 0 Å².